The van der Waals surface area contributed by atoms with Crippen molar-refractivity contribution >= 4 is 27.4 Å². The first-order valence-electron chi connectivity index (χ1n) is 11.4. The van der Waals surface area contributed by atoms with Crippen molar-refractivity contribution in [2.24, 2.45) is 0 Å². The molecule has 0 saturated heterocycles. The fourth-order valence-corrected chi connectivity index (χ4v) is 11.1. The lowest BCUT2D eigenvalue weighted by Crippen LogP contribution is -2.54. The molecule has 0 aromatic rings. The Morgan fingerprint density at radius 3 is 1.19 bits per heavy atom. The van der Waals surface area contributed by atoms with E-state index in [2.05, 4.69) is 13.8 Å². The van der Waals surface area contributed by atoms with Gasteiger partial charge in [0.2, 0.25) is 16.6 Å². The summed E-state index contributed by atoms with van der Waals surface area (Å²) in [7, 11) is -4.89. The van der Waals surface area contributed by atoms with Crippen molar-refractivity contribution in [2.75, 3.05) is 0 Å². The molecule has 0 aliphatic carbocycles. The molecule has 5 heteroatoms. The zero-order chi connectivity index (χ0) is 20.8. The molecule has 0 bridgehead atoms. The molecule has 0 aliphatic rings. The quantitative estimate of drug-likeness (QED) is 0.177. The predicted octanol–water partition coefficient (Wildman–Crippen LogP) is 7.13. The SMILES string of the molecule is CCCCCCCCC(=O)[Si](C)(C)O[Si](C)(C)C(=O)CCCCCCCC. The second kappa shape index (κ2) is 14.7. The van der Waals surface area contributed by atoms with Crippen LogP contribution < -0.4 is 0 Å². The molecule has 0 heterocycles. The van der Waals surface area contributed by atoms with Gasteiger partial charge in [-0.1, -0.05) is 78.1 Å². The van der Waals surface area contributed by atoms with Gasteiger partial charge in [0.25, 0.3) is 0 Å². The van der Waals surface area contributed by atoms with Gasteiger partial charge in [-0.05, 0) is 39.0 Å². The minimum Gasteiger partial charge on any atom is -0.445 e. The first kappa shape index (κ1) is 26.7. The van der Waals surface area contributed by atoms with Gasteiger partial charge in [-0.15, -0.1) is 0 Å². The van der Waals surface area contributed by atoms with E-state index in [0.717, 1.165) is 25.7 Å². The molecule has 27 heavy (non-hydrogen) atoms. The first-order chi connectivity index (χ1) is 12.7. The highest BCUT2D eigenvalue weighted by Crippen LogP contribution is 2.21. The summed E-state index contributed by atoms with van der Waals surface area (Å²) >= 11 is 0. The van der Waals surface area contributed by atoms with Crippen molar-refractivity contribution in [1.29, 1.82) is 0 Å². The van der Waals surface area contributed by atoms with E-state index in [1.807, 2.05) is 26.2 Å². The van der Waals surface area contributed by atoms with Crippen LogP contribution >= 0.6 is 0 Å². The van der Waals surface area contributed by atoms with Gasteiger partial charge in [-0.2, -0.15) is 0 Å². The summed E-state index contributed by atoms with van der Waals surface area (Å²) < 4.78 is 6.32. The fourth-order valence-electron chi connectivity index (χ4n) is 3.49. The van der Waals surface area contributed by atoms with E-state index in [9.17, 15) is 9.59 Å². The number of rotatable bonds is 18. The number of unbranched alkanes of at least 4 members (excludes halogenated alkanes) is 10. The molecule has 160 valence electrons. The Morgan fingerprint density at radius 1 is 0.556 bits per heavy atom. The van der Waals surface area contributed by atoms with Gasteiger partial charge in [-0.3, -0.25) is 0 Å². The van der Waals surface area contributed by atoms with Crippen molar-refractivity contribution in [3.63, 3.8) is 0 Å². The van der Waals surface area contributed by atoms with Crippen LogP contribution in [0.2, 0.25) is 26.2 Å². The maximum atomic E-state index is 12.7. The summed E-state index contributed by atoms with van der Waals surface area (Å²) in [5.41, 5.74) is 0. The summed E-state index contributed by atoms with van der Waals surface area (Å²) in [6.45, 7) is 12.4. The van der Waals surface area contributed by atoms with Gasteiger partial charge in [0, 0.05) is 12.8 Å². The lowest BCUT2D eigenvalue weighted by molar-refractivity contribution is -0.114. The molecule has 3 nitrogen and oxygen atoms in total. The van der Waals surface area contributed by atoms with Crippen LogP contribution in [-0.2, 0) is 13.7 Å². The molecule has 0 atom stereocenters. The van der Waals surface area contributed by atoms with Crippen LogP contribution in [0.5, 0.6) is 0 Å². The van der Waals surface area contributed by atoms with Crippen LogP contribution in [0.15, 0.2) is 0 Å². The van der Waals surface area contributed by atoms with Crippen LogP contribution in [0.25, 0.3) is 0 Å². The summed E-state index contributed by atoms with van der Waals surface area (Å²) in [6, 6.07) is 0. The van der Waals surface area contributed by atoms with Gasteiger partial charge in [-0.25, -0.2) is 0 Å². The molecular formula is C22H46O3Si2. The van der Waals surface area contributed by atoms with Crippen molar-refractivity contribution in [2.45, 2.75) is 130 Å². The van der Waals surface area contributed by atoms with Crippen LogP contribution in [0.3, 0.4) is 0 Å². The molecule has 0 aliphatic heterocycles. The van der Waals surface area contributed by atoms with Gasteiger partial charge < -0.3 is 13.7 Å². The molecule has 0 amide bonds. The van der Waals surface area contributed by atoms with E-state index in [-0.39, 0.29) is 10.8 Å². The van der Waals surface area contributed by atoms with Crippen molar-refractivity contribution in [1.82, 2.24) is 0 Å². The smallest absolute Gasteiger partial charge is 0.248 e. The molecule has 0 spiro atoms. The largest absolute Gasteiger partial charge is 0.445 e. The third-order valence-electron chi connectivity index (χ3n) is 5.37. The molecule has 0 unspecified atom stereocenters. The molecule has 0 aromatic carbocycles. The molecule has 0 aromatic heterocycles. The molecule has 0 rings (SSSR count). The van der Waals surface area contributed by atoms with Crippen LogP contribution in [0, 0.1) is 0 Å². The normalized spacial score (nSPS) is 12.4. The van der Waals surface area contributed by atoms with Gasteiger partial charge in [0.15, 0.2) is 0 Å². The van der Waals surface area contributed by atoms with E-state index in [1.165, 1.54) is 51.4 Å². The Kier molecular flexibility index (Phi) is 14.5. The average Bonchev–Trinajstić information content (AvgIpc) is 2.59. The van der Waals surface area contributed by atoms with Crippen molar-refractivity contribution in [3.8, 4) is 0 Å². The Labute approximate surface area is 171 Å². The average molecular weight is 415 g/mol. The summed E-state index contributed by atoms with van der Waals surface area (Å²) in [5.74, 6) is 0. The number of hydrogen-bond donors (Lipinski definition) is 0. The van der Waals surface area contributed by atoms with E-state index >= 15 is 0 Å². The van der Waals surface area contributed by atoms with Crippen LogP contribution in [0.1, 0.15) is 104 Å². The zero-order valence-corrected chi connectivity index (χ0v) is 21.1. The number of hydrogen-bond acceptors (Lipinski definition) is 3. The topological polar surface area (TPSA) is 43.4 Å². The van der Waals surface area contributed by atoms with E-state index in [1.54, 1.807) is 0 Å². The summed E-state index contributed by atoms with van der Waals surface area (Å²) in [6.07, 6.45) is 15.5. The maximum absolute atomic E-state index is 12.7. The number of carbonyl (C=O) groups is 2. The Morgan fingerprint density at radius 2 is 0.852 bits per heavy atom. The Balaban J connectivity index is 4.24. The van der Waals surface area contributed by atoms with E-state index in [4.69, 9.17) is 4.12 Å². The van der Waals surface area contributed by atoms with Gasteiger partial charge in [0.05, 0.1) is 0 Å². The minimum atomic E-state index is -2.44. The van der Waals surface area contributed by atoms with Gasteiger partial charge >= 0.3 is 0 Å². The lowest BCUT2D eigenvalue weighted by Gasteiger charge is -2.31. The third-order valence-corrected chi connectivity index (χ3v) is 12.6. The molecule has 0 saturated carbocycles. The van der Waals surface area contributed by atoms with E-state index < -0.39 is 16.6 Å². The van der Waals surface area contributed by atoms with Crippen molar-refractivity contribution < 1.29 is 13.7 Å². The van der Waals surface area contributed by atoms with Crippen LogP contribution in [0.4, 0.5) is 0 Å². The highest BCUT2D eigenvalue weighted by Gasteiger charge is 2.42. The second-order valence-electron chi connectivity index (χ2n) is 9.00. The minimum absolute atomic E-state index is 0.283. The Bertz CT molecular complexity index is 382. The predicted molar refractivity (Wildman–Crippen MR) is 122 cm³/mol. The molecule has 0 radical (unpaired) electrons. The monoisotopic (exact) mass is 414 g/mol. The standard InChI is InChI=1S/C22H46O3Si2/c1-7-9-11-13-15-17-19-21(23)26(3,4)25-27(5,6)22(24)20-18-16-14-12-10-8-2/h7-20H2,1-6H3. The maximum Gasteiger partial charge on any atom is 0.248 e. The van der Waals surface area contributed by atoms with Gasteiger partial charge in [0.1, 0.15) is 10.8 Å². The van der Waals surface area contributed by atoms with E-state index in [0.29, 0.717) is 12.8 Å². The van der Waals surface area contributed by atoms with Crippen molar-refractivity contribution in [3.05, 3.63) is 0 Å². The molecular weight excluding hydrogens is 368 g/mol. The molecule has 0 N–H and O–H groups in total. The third kappa shape index (κ3) is 12.7. The van der Waals surface area contributed by atoms with Crippen LogP contribution in [-0.4, -0.2) is 27.4 Å². The number of carbonyl (C=O) groups excluding carboxylic acids is 2. The Hall–Kier alpha value is -0.266. The second-order valence-corrected chi connectivity index (χ2v) is 17.0. The fraction of sp³-hybridized carbons (Fsp3) is 0.909. The highest BCUT2D eigenvalue weighted by atomic mass is 28.4. The highest BCUT2D eigenvalue weighted by molar-refractivity contribution is 7.10. The summed E-state index contributed by atoms with van der Waals surface area (Å²) in [4.78, 5) is 25.3. The molecule has 0 fully saturated rings. The summed E-state index contributed by atoms with van der Waals surface area (Å²) in [5, 5.41) is 0.567. The first-order valence-corrected chi connectivity index (χ1v) is 17.3. The zero-order valence-electron chi connectivity index (χ0n) is 19.1. The lowest BCUT2D eigenvalue weighted by atomic mass is 10.1.